The van der Waals surface area contributed by atoms with Gasteiger partial charge in [0.05, 0.1) is 5.69 Å². The minimum atomic E-state index is -3.96. The summed E-state index contributed by atoms with van der Waals surface area (Å²) in [5.74, 6) is -0.678. The highest BCUT2D eigenvalue weighted by molar-refractivity contribution is 7.92. The molecule has 112 valence electrons. The van der Waals surface area contributed by atoms with Crippen LogP contribution in [-0.4, -0.2) is 20.1 Å². The van der Waals surface area contributed by atoms with Gasteiger partial charge in [0.2, 0.25) is 0 Å². The Morgan fingerprint density at radius 1 is 1.14 bits per heavy atom. The zero-order chi connectivity index (χ0) is 15.5. The highest BCUT2D eigenvalue weighted by atomic mass is 32.2. The lowest BCUT2D eigenvalue weighted by Crippen LogP contribution is -2.15. The molecule has 0 heterocycles. The van der Waals surface area contributed by atoms with E-state index in [1.807, 2.05) is 0 Å². The molecule has 5 nitrogen and oxygen atoms in total. The van der Waals surface area contributed by atoms with Gasteiger partial charge in [0.25, 0.3) is 10.0 Å². The Bertz CT molecular complexity index is 730. The standard InChI is InChI=1S/C14H15FN2O3S/c15-11-3-6-13(16)14(9-11)21(19,20)17-12-4-1-10(2-5-12)7-8-18/h1-6,9,17-18H,7-8,16H2. The van der Waals surface area contributed by atoms with E-state index in [0.29, 0.717) is 12.1 Å². The van der Waals surface area contributed by atoms with Crippen LogP contribution in [0.4, 0.5) is 15.8 Å². The summed E-state index contributed by atoms with van der Waals surface area (Å²) in [6.07, 6.45) is 0.490. The van der Waals surface area contributed by atoms with Crippen molar-refractivity contribution in [2.45, 2.75) is 11.3 Å². The maximum absolute atomic E-state index is 13.2. The molecule has 2 aromatic carbocycles. The van der Waals surface area contributed by atoms with Crippen molar-refractivity contribution in [3.63, 3.8) is 0 Å². The number of aliphatic hydroxyl groups excluding tert-OH is 1. The second-order valence-corrected chi connectivity index (χ2v) is 6.11. The minimum absolute atomic E-state index is 0.0187. The molecule has 0 saturated heterocycles. The van der Waals surface area contributed by atoms with Crippen LogP contribution in [0.15, 0.2) is 47.4 Å². The molecule has 0 radical (unpaired) electrons. The summed E-state index contributed by atoms with van der Waals surface area (Å²) >= 11 is 0. The molecule has 0 aliphatic carbocycles. The second-order valence-electron chi connectivity index (χ2n) is 4.46. The molecule has 0 amide bonds. The predicted octanol–water partition coefficient (Wildman–Crippen LogP) is 1.74. The van der Waals surface area contributed by atoms with Crippen LogP contribution >= 0.6 is 0 Å². The molecule has 0 fully saturated rings. The first-order valence-corrected chi connectivity index (χ1v) is 7.68. The first-order chi connectivity index (χ1) is 9.92. The zero-order valence-corrected chi connectivity index (χ0v) is 11.9. The number of aliphatic hydroxyl groups is 1. The van der Waals surface area contributed by atoms with Crippen LogP contribution in [0.3, 0.4) is 0 Å². The molecule has 7 heteroatoms. The van der Waals surface area contributed by atoms with Crippen molar-refractivity contribution < 1.29 is 17.9 Å². The van der Waals surface area contributed by atoms with Crippen molar-refractivity contribution in [1.29, 1.82) is 0 Å². The molecule has 0 bridgehead atoms. The number of hydrogen-bond acceptors (Lipinski definition) is 4. The third-order valence-electron chi connectivity index (χ3n) is 2.87. The molecule has 21 heavy (non-hydrogen) atoms. The Morgan fingerprint density at radius 2 is 1.81 bits per heavy atom. The average molecular weight is 310 g/mol. The quantitative estimate of drug-likeness (QED) is 0.734. The Hall–Kier alpha value is -2.12. The van der Waals surface area contributed by atoms with Crippen molar-refractivity contribution in [2.24, 2.45) is 0 Å². The first-order valence-electron chi connectivity index (χ1n) is 6.20. The second kappa shape index (κ2) is 6.11. The molecule has 0 unspecified atom stereocenters. The average Bonchev–Trinajstić information content (AvgIpc) is 2.43. The van der Waals surface area contributed by atoms with Crippen molar-refractivity contribution in [3.05, 3.63) is 53.8 Å². The number of nitrogens with one attached hydrogen (secondary N) is 1. The van der Waals surface area contributed by atoms with Gasteiger partial charge < -0.3 is 10.8 Å². The van der Waals surface area contributed by atoms with Gasteiger partial charge in [-0.05, 0) is 42.3 Å². The molecule has 0 aliphatic heterocycles. The largest absolute Gasteiger partial charge is 0.398 e. The van der Waals surface area contributed by atoms with Crippen LogP contribution < -0.4 is 10.5 Å². The number of rotatable bonds is 5. The molecule has 0 spiro atoms. The Labute approximate surface area is 122 Å². The lowest BCUT2D eigenvalue weighted by atomic mass is 10.1. The predicted molar refractivity (Wildman–Crippen MR) is 78.9 cm³/mol. The normalized spacial score (nSPS) is 11.3. The topological polar surface area (TPSA) is 92.4 Å². The van der Waals surface area contributed by atoms with E-state index >= 15 is 0 Å². The van der Waals surface area contributed by atoms with Crippen LogP contribution in [0, 0.1) is 5.82 Å². The number of hydrogen-bond donors (Lipinski definition) is 3. The number of benzene rings is 2. The number of nitrogen functional groups attached to an aromatic ring is 1. The van der Waals surface area contributed by atoms with Gasteiger partial charge >= 0.3 is 0 Å². The molecule has 0 aliphatic rings. The molecular formula is C14H15FN2O3S. The summed E-state index contributed by atoms with van der Waals surface area (Å²) in [4.78, 5) is -0.304. The summed E-state index contributed by atoms with van der Waals surface area (Å²) in [6.45, 7) is 0.0187. The van der Waals surface area contributed by atoms with E-state index in [1.54, 1.807) is 24.3 Å². The molecule has 0 saturated carbocycles. The summed E-state index contributed by atoms with van der Waals surface area (Å²) in [5, 5.41) is 8.82. The third kappa shape index (κ3) is 3.71. The van der Waals surface area contributed by atoms with Gasteiger partial charge in [0.15, 0.2) is 0 Å². The SMILES string of the molecule is Nc1ccc(F)cc1S(=O)(=O)Nc1ccc(CCO)cc1. The van der Waals surface area contributed by atoms with E-state index in [1.165, 1.54) is 6.07 Å². The summed E-state index contributed by atoms with van der Waals surface area (Å²) < 4.78 is 39.9. The van der Waals surface area contributed by atoms with Gasteiger partial charge in [-0.25, -0.2) is 12.8 Å². The summed E-state index contributed by atoms with van der Waals surface area (Å²) in [5.41, 5.74) is 6.77. The fourth-order valence-electron chi connectivity index (χ4n) is 1.82. The van der Waals surface area contributed by atoms with E-state index < -0.39 is 15.8 Å². The van der Waals surface area contributed by atoms with Crippen molar-refractivity contribution >= 4 is 21.4 Å². The van der Waals surface area contributed by atoms with E-state index in [2.05, 4.69) is 4.72 Å². The molecule has 0 atom stereocenters. The smallest absolute Gasteiger partial charge is 0.264 e. The number of nitrogens with two attached hydrogens (primary N) is 1. The molecule has 2 aromatic rings. The highest BCUT2D eigenvalue weighted by Gasteiger charge is 2.18. The maximum Gasteiger partial charge on any atom is 0.264 e. The highest BCUT2D eigenvalue weighted by Crippen LogP contribution is 2.22. The lowest BCUT2D eigenvalue weighted by Gasteiger charge is -2.10. The molecule has 0 aromatic heterocycles. The van der Waals surface area contributed by atoms with Crippen molar-refractivity contribution in [1.82, 2.24) is 0 Å². The van der Waals surface area contributed by atoms with Gasteiger partial charge in [-0.2, -0.15) is 0 Å². The number of sulfonamides is 1. The fraction of sp³-hybridized carbons (Fsp3) is 0.143. The maximum atomic E-state index is 13.2. The van der Waals surface area contributed by atoms with Crippen LogP contribution in [0.2, 0.25) is 0 Å². The van der Waals surface area contributed by atoms with Crippen molar-refractivity contribution in [2.75, 3.05) is 17.1 Å². The Balaban J connectivity index is 2.26. The summed E-state index contributed by atoms with van der Waals surface area (Å²) in [6, 6.07) is 9.70. The lowest BCUT2D eigenvalue weighted by molar-refractivity contribution is 0.299. The van der Waals surface area contributed by atoms with Crippen LogP contribution in [0.1, 0.15) is 5.56 Å². The van der Waals surface area contributed by atoms with Gasteiger partial charge in [0.1, 0.15) is 10.7 Å². The third-order valence-corrected chi connectivity index (χ3v) is 4.31. The molecule has 4 N–H and O–H groups in total. The number of halogens is 1. The fourth-order valence-corrected chi connectivity index (χ4v) is 3.02. The van der Waals surface area contributed by atoms with E-state index in [-0.39, 0.29) is 17.2 Å². The van der Waals surface area contributed by atoms with E-state index in [4.69, 9.17) is 10.8 Å². The van der Waals surface area contributed by atoms with Crippen LogP contribution in [0.25, 0.3) is 0 Å². The molecular weight excluding hydrogens is 295 g/mol. The Morgan fingerprint density at radius 3 is 2.43 bits per heavy atom. The minimum Gasteiger partial charge on any atom is -0.398 e. The summed E-state index contributed by atoms with van der Waals surface area (Å²) in [7, 11) is -3.96. The van der Waals surface area contributed by atoms with Crippen LogP contribution in [0.5, 0.6) is 0 Å². The van der Waals surface area contributed by atoms with Gasteiger partial charge in [0, 0.05) is 12.3 Å². The van der Waals surface area contributed by atoms with Crippen LogP contribution in [-0.2, 0) is 16.4 Å². The zero-order valence-electron chi connectivity index (χ0n) is 11.1. The Kier molecular flexibility index (Phi) is 4.44. The number of anilines is 2. The monoisotopic (exact) mass is 310 g/mol. The van der Waals surface area contributed by atoms with E-state index in [9.17, 15) is 12.8 Å². The van der Waals surface area contributed by atoms with Gasteiger partial charge in [-0.1, -0.05) is 12.1 Å². The van der Waals surface area contributed by atoms with Gasteiger partial charge in [-0.15, -0.1) is 0 Å². The van der Waals surface area contributed by atoms with E-state index in [0.717, 1.165) is 17.7 Å². The van der Waals surface area contributed by atoms with Gasteiger partial charge in [-0.3, -0.25) is 4.72 Å². The van der Waals surface area contributed by atoms with Crippen molar-refractivity contribution in [3.8, 4) is 0 Å². The molecule has 2 rings (SSSR count). The first kappa shape index (κ1) is 15.3.